The van der Waals surface area contributed by atoms with Crippen LogP contribution in [0.25, 0.3) is 0 Å². The topological polar surface area (TPSA) is 86.6 Å². The molecule has 0 aliphatic rings. The van der Waals surface area contributed by atoms with Gasteiger partial charge in [0.2, 0.25) is 0 Å². The minimum Gasteiger partial charge on any atom is -0.481 e. The number of hydrogen-bond donors (Lipinski definition) is 3. The maximum absolute atomic E-state index is 12.6. The molecule has 2 aromatic carbocycles. The molecular weight excluding hydrogens is 294 g/mol. The Balaban J connectivity index is 2.24. The zero-order valence-electron chi connectivity index (χ0n) is 12.6. The number of aliphatic hydroxyl groups is 1. The van der Waals surface area contributed by atoms with Gasteiger partial charge in [0.1, 0.15) is 0 Å². The Kier molecular flexibility index (Phi) is 5.49. The molecule has 0 aliphatic carbocycles. The highest BCUT2D eigenvalue weighted by Gasteiger charge is 2.39. The number of carboxylic acid groups (broad SMARTS) is 1. The minimum absolute atomic E-state index is 0.0324. The van der Waals surface area contributed by atoms with E-state index >= 15 is 0 Å². The van der Waals surface area contributed by atoms with E-state index in [9.17, 15) is 14.7 Å². The summed E-state index contributed by atoms with van der Waals surface area (Å²) in [5, 5.41) is 22.4. The van der Waals surface area contributed by atoms with Crippen molar-refractivity contribution in [3.63, 3.8) is 0 Å². The summed E-state index contributed by atoms with van der Waals surface area (Å²) >= 11 is 0. The van der Waals surface area contributed by atoms with E-state index in [-0.39, 0.29) is 13.0 Å². The van der Waals surface area contributed by atoms with Gasteiger partial charge in [-0.1, -0.05) is 60.7 Å². The number of amides is 1. The summed E-state index contributed by atoms with van der Waals surface area (Å²) in [6.45, 7) is 0.188. The number of carboxylic acids is 1. The summed E-state index contributed by atoms with van der Waals surface area (Å²) in [6, 6.07) is 17.4. The second-order valence-corrected chi connectivity index (χ2v) is 5.20. The predicted octanol–water partition coefficient (Wildman–Crippen LogP) is 1.90. The fourth-order valence-electron chi connectivity index (χ4n) is 2.36. The molecule has 5 heteroatoms. The van der Waals surface area contributed by atoms with Crippen molar-refractivity contribution in [2.45, 2.75) is 18.4 Å². The van der Waals surface area contributed by atoms with E-state index in [2.05, 4.69) is 5.32 Å². The lowest BCUT2D eigenvalue weighted by Gasteiger charge is -2.28. The lowest BCUT2D eigenvalue weighted by molar-refractivity contribution is -0.138. The molecule has 0 atom stereocenters. The molecule has 0 bridgehead atoms. The quantitative estimate of drug-likeness (QED) is 0.681. The molecule has 0 saturated carbocycles. The van der Waals surface area contributed by atoms with Gasteiger partial charge in [-0.15, -0.1) is 0 Å². The molecule has 0 spiro atoms. The summed E-state index contributed by atoms with van der Waals surface area (Å²) in [7, 11) is 0. The van der Waals surface area contributed by atoms with Gasteiger partial charge in [-0.3, -0.25) is 9.59 Å². The van der Waals surface area contributed by atoms with Crippen LogP contribution >= 0.6 is 0 Å². The van der Waals surface area contributed by atoms with Crippen LogP contribution in [0, 0.1) is 0 Å². The molecule has 0 radical (unpaired) electrons. The smallest absolute Gasteiger partial charge is 0.303 e. The van der Waals surface area contributed by atoms with Crippen molar-refractivity contribution < 1.29 is 19.8 Å². The van der Waals surface area contributed by atoms with Gasteiger partial charge in [0.15, 0.2) is 5.60 Å². The minimum atomic E-state index is -1.81. The summed E-state index contributed by atoms with van der Waals surface area (Å²) in [6.07, 6.45) is 0.274. The monoisotopic (exact) mass is 313 g/mol. The Morgan fingerprint density at radius 2 is 1.39 bits per heavy atom. The maximum Gasteiger partial charge on any atom is 0.303 e. The van der Waals surface area contributed by atoms with Crippen molar-refractivity contribution in [1.82, 2.24) is 5.32 Å². The van der Waals surface area contributed by atoms with Crippen molar-refractivity contribution in [3.8, 4) is 0 Å². The summed E-state index contributed by atoms with van der Waals surface area (Å²) in [5.41, 5.74) is -0.893. The Morgan fingerprint density at radius 1 is 0.913 bits per heavy atom. The summed E-state index contributed by atoms with van der Waals surface area (Å²) in [5.74, 6) is -1.49. The van der Waals surface area contributed by atoms with Gasteiger partial charge in [0.25, 0.3) is 5.91 Å². The number of carbonyl (C=O) groups excluding carboxylic acids is 1. The van der Waals surface area contributed by atoms with Crippen molar-refractivity contribution >= 4 is 11.9 Å². The van der Waals surface area contributed by atoms with Crippen molar-refractivity contribution in [1.29, 1.82) is 0 Å². The molecule has 3 N–H and O–H groups in total. The van der Waals surface area contributed by atoms with Crippen LogP contribution in [-0.4, -0.2) is 28.6 Å². The van der Waals surface area contributed by atoms with Gasteiger partial charge < -0.3 is 15.5 Å². The first-order valence-electron chi connectivity index (χ1n) is 7.38. The molecule has 1 amide bonds. The van der Waals surface area contributed by atoms with Gasteiger partial charge in [0.05, 0.1) is 0 Å². The molecule has 0 fully saturated rings. The lowest BCUT2D eigenvalue weighted by Crippen LogP contribution is -2.45. The van der Waals surface area contributed by atoms with Gasteiger partial charge in [-0.05, 0) is 17.5 Å². The van der Waals surface area contributed by atoms with E-state index in [0.717, 1.165) is 0 Å². The van der Waals surface area contributed by atoms with Crippen molar-refractivity contribution in [3.05, 3.63) is 71.8 Å². The normalized spacial score (nSPS) is 11.0. The first-order valence-corrected chi connectivity index (χ1v) is 7.38. The molecule has 120 valence electrons. The molecule has 0 aromatic heterocycles. The van der Waals surface area contributed by atoms with Gasteiger partial charge in [-0.2, -0.15) is 0 Å². The van der Waals surface area contributed by atoms with E-state index in [4.69, 9.17) is 5.11 Å². The zero-order valence-corrected chi connectivity index (χ0v) is 12.6. The average Bonchev–Trinajstić information content (AvgIpc) is 2.59. The SMILES string of the molecule is O=C(O)CCCNC(=O)C(O)(c1ccccc1)c1ccccc1. The van der Waals surface area contributed by atoms with Crippen LogP contribution in [0.3, 0.4) is 0 Å². The summed E-state index contributed by atoms with van der Waals surface area (Å²) in [4.78, 5) is 23.1. The van der Waals surface area contributed by atoms with Crippen LogP contribution in [-0.2, 0) is 15.2 Å². The van der Waals surface area contributed by atoms with Crippen LogP contribution in [0.15, 0.2) is 60.7 Å². The third-order valence-corrected chi connectivity index (χ3v) is 3.56. The Labute approximate surface area is 134 Å². The van der Waals surface area contributed by atoms with Gasteiger partial charge in [-0.25, -0.2) is 0 Å². The van der Waals surface area contributed by atoms with E-state index in [0.29, 0.717) is 17.5 Å². The predicted molar refractivity (Wildman–Crippen MR) is 85.8 cm³/mol. The first kappa shape index (κ1) is 16.7. The number of benzene rings is 2. The van der Waals surface area contributed by atoms with Crippen LogP contribution in [0.1, 0.15) is 24.0 Å². The van der Waals surface area contributed by atoms with E-state index in [1.54, 1.807) is 60.7 Å². The lowest BCUT2D eigenvalue weighted by atomic mass is 9.85. The van der Waals surface area contributed by atoms with E-state index in [1.165, 1.54) is 0 Å². The third kappa shape index (κ3) is 3.96. The van der Waals surface area contributed by atoms with E-state index in [1.807, 2.05) is 0 Å². The standard InChI is InChI=1S/C18H19NO4/c20-16(21)12-7-13-19-17(22)18(23,14-8-3-1-4-9-14)15-10-5-2-6-11-15/h1-6,8-11,23H,7,12-13H2,(H,19,22)(H,20,21). The third-order valence-electron chi connectivity index (χ3n) is 3.56. The highest BCUT2D eigenvalue weighted by atomic mass is 16.4. The Bertz CT molecular complexity index is 616. The highest BCUT2D eigenvalue weighted by Crippen LogP contribution is 2.29. The fraction of sp³-hybridized carbons (Fsp3) is 0.222. The molecule has 0 aliphatic heterocycles. The molecule has 2 aromatic rings. The molecule has 0 unspecified atom stereocenters. The van der Waals surface area contributed by atoms with Crippen molar-refractivity contribution in [2.75, 3.05) is 6.54 Å². The van der Waals surface area contributed by atoms with Crippen molar-refractivity contribution in [2.24, 2.45) is 0 Å². The van der Waals surface area contributed by atoms with Crippen LogP contribution in [0.5, 0.6) is 0 Å². The maximum atomic E-state index is 12.6. The summed E-state index contributed by atoms with van der Waals surface area (Å²) < 4.78 is 0. The second kappa shape index (κ2) is 7.56. The average molecular weight is 313 g/mol. The Hall–Kier alpha value is -2.66. The molecule has 5 nitrogen and oxygen atoms in total. The van der Waals surface area contributed by atoms with Gasteiger partial charge in [0, 0.05) is 13.0 Å². The molecular formula is C18H19NO4. The van der Waals surface area contributed by atoms with Crippen LogP contribution < -0.4 is 5.32 Å². The number of carbonyl (C=O) groups is 2. The number of hydrogen-bond acceptors (Lipinski definition) is 3. The molecule has 0 heterocycles. The molecule has 23 heavy (non-hydrogen) atoms. The largest absolute Gasteiger partial charge is 0.481 e. The number of rotatable bonds is 7. The highest BCUT2D eigenvalue weighted by molar-refractivity contribution is 5.90. The van der Waals surface area contributed by atoms with E-state index < -0.39 is 17.5 Å². The zero-order chi connectivity index (χ0) is 16.7. The molecule has 0 saturated heterocycles. The number of nitrogens with one attached hydrogen (secondary N) is 1. The number of aliphatic carboxylic acids is 1. The fourth-order valence-corrected chi connectivity index (χ4v) is 2.36. The van der Waals surface area contributed by atoms with Crippen LogP contribution in [0.2, 0.25) is 0 Å². The van der Waals surface area contributed by atoms with Gasteiger partial charge >= 0.3 is 5.97 Å². The first-order chi connectivity index (χ1) is 11.0. The second-order valence-electron chi connectivity index (χ2n) is 5.20. The Morgan fingerprint density at radius 3 is 1.83 bits per heavy atom. The van der Waals surface area contributed by atoms with Crippen LogP contribution in [0.4, 0.5) is 0 Å². The molecule has 2 rings (SSSR count).